The van der Waals surface area contributed by atoms with Gasteiger partial charge in [-0.2, -0.15) is 0 Å². The third-order valence-electron chi connectivity index (χ3n) is 3.47. The van der Waals surface area contributed by atoms with Gasteiger partial charge in [-0.15, -0.1) is 11.3 Å². The molecule has 5 nitrogen and oxygen atoms in total. The van der Waals surface area contributed by atoms with Crippen molar-refractivity contribution in [2.75, 3.05) is 11.9 Å². The number of carbonyl (C=O) groups excluding carboxylic acids is 2. The molecule has 0 bridgehead atoms. The van der Waals surface area contributed by atoms with E-state index in [1.54, 1.807) is 5.38 Å². The molecule has 0 saturated carbocycles. The van der Waals surface area contributed by atoms with Crippen molar-refractivity contribution < 1.29 is 9.59 Å². The van der Waals surface area contributed by atoms with E-state index in [0.717, 1.165) is 6.42 Å². The number of rotatable bonds is 7. The number of benzene rings is 1. The quantitative estimate of drug-likeness (QED) is 0.810. The van der Waals surface area contributed by atoms with Gasteiger partial charge < -0.3 is 10.6 Å². The van der Waals surface area contributed by atoms with Crippen molar-refractivity contribution in [3.8, 4) is 0 Å². The first-order chi connectivity index (χ1) is 11.4. The molecule has 1 aromatic carbocycles. The van der Waals surface area contributed by atoms with Crippen molar-refractivity contribution in [1.29, 1.82) is 0 Å². The molecule has 24 heavy (non-hydrogen) atoms. The van der Waals surface area contributed by atoms with Crippen molar-refractivity contribution in [1.82, 2.24) is 10.3 Å². The first-order valence-electron chi connectivity index (χ1n) is 8.01. The molecule has 6 heteroatoms. The fourth-order valence-corrected chi connectivity index (χ4v) is 2.85. The van der Waals surface area contributed by atoms with E-state index in [2.05, 4.69) is 40.7 Å². The molecule has 0 aliphatic heterocycles. The van der Waals surface area contributed by atoms with Crippen LogP contribution in [0.1, 0.15) is 30.7 Å². The zero-order chi connectivity index (χ0) is 17.5. The summed E-state index contributed by atoms with van der Waals surface area (Å²) in [6.07, 6.45) is 1.03. The summed E-state index contributed by atoms with van der Waals surface area (Å²) in [6, 6.07) is 8.26. The molecule has 2 aromatic rings. The van der Waals surface area contributed by atoms with E-state index in [4.69, 9.17) is 0 Å². The van der Waals surface area contributed by atoms with Crippen molar-refractivity contribution in [3.63, 3.8) is 0 Å². The molecule has 128 valence electrons. The number of nitrogens with one attached hydrogen (secondary N) is 2. The predicted octanol–water partition coefficient (Wildman–Crippen LogP) is 2.95. The molecular weight excluding hydrogens is 322 g/mol. The van der Waals surface area contributed by atoms with E-state index in [1.165, 1.54) is 22.5 Å². The van der Waals surface area contributed by atoms with E-state index in [-0.39, 0.29) is 24.2 Å². The summed E-state index contributed by atoms with van der Waals surface area (Å²) < 4.78 is 0. The van der Waals surface area contributed by atoms with Crippen LogP contribution in [-0.2, 0) is 22.4 Å². The van der Waals surface area contributed by atoms with Crippen LogP contribution in [0.2, 0.25) is 0 Å². The maximum atomic E-state index is 12.0. The van der Waals surface area contributed by atoms with Crippen LogP contribution in [0, 0.1) is 12.8 Å². The predicted molar refractivity (Wildman–Crippen MR) is 97.2 cm³/mol. The molecule has 2 rings (SSSR count). The average molecular weight is 345 g/mol. The van der Waals surface area contributed by atoms with Crippen molar-refractivity contribution in [2.24, 2.45) is 5.92 Å². The van der Waals surface area contributed by atoms with Gasteiger partial charge in [-0.1, -0.05) is 43.7 Å². The maximum Gasteiger partial charge on any atom is 0.228 e. The summed E-state index contributed by atoms with van der Waals surface area (Å²) in [6.45, 7) is 6.31. The van der Waals surface area contributed by atoms with Crippen molar-refractivity contribution in [3.05, 3.63) is 46.5 Å². The third kappa shape index (κ3) is 5.77. The highest BCUT2D eigenvalue weighted by Crippen LogP contribution is 2.16. The lowest BCUT2D eigenvalue weighted by Gasteiger charge is -2.05. The summed E-state index contributed by atoms with van der Waals surface area (Å²) >= 11 is 1.34. The number of anilines is 1. The molecule has 0 fully saturated rings. The SMILES string of the molecule is Cc1cccc(CCNC(=O)Cc2csc(NC(=O)C(C)C)n2)c1. The van der Waals surface area contributed by atoms with Crippen LogP contribution in [0.4, 0.5) is 5.13 Å². The summed E-state index contributed by atoms with van der Waals surface area (Å²) in [5, 5.41) is 7.99. The van der Waals surface area contributed by atoms with E-state index < -0.39 is 0 Å². The highest BCUT2D eigenvalue weighted by Gasteiger charge is 2.11. The molecule has 0 aliphatic rings. The second-order valence-electron chi connectivity index (χ2n) is 6.05. The van der Waals surface area contributed by atoms with E-state index in [0.29, 0.717) is 17.4 Å². The fraction of sp³-hybridized carbons (Fsp3) is 0.389. The highest BCUT2D eigenvalue weighted by atomic mass is 32.1. The molecule has 2 N–H and O–H groups in total. The first-order valence-corrected chi connectivity index (χ1v) is 8.89. The first kappa shape index (κ1) is 18.1. The van der Waals surface area contributed by atoms with Gasteiger partial charge in [0.1, 0.15) is 0 Å². The van der Waals surface area contributed by atoms with Gasteiger partial charge >= 0.3 is 0 Å². The van der Waals surface area contributed by atoms with Gasteiger partial charge in [-0.3, -0.25) is 9.59 Å². The summed E-state index contributed by atoms with van der Waals surface area (Å²) in [5.74, 6) is -0.226. The van der Waals surface area contributed by atoms with Gasteiger partial charge in [0.25, 0.3) is 0 Å². The van der Waals surface area contributed by atoms with Crippen molar-refractivity contribution >= 4 is 28.3 Å². The van der Waals surface area contributed by atoms with Crippen LogP contribution in [0.3, 0.4) is 0 Å². The van der Waals surface area contributed by atoms with Gasteiger partial charge in [0.2, 0.25) is 11.8 Å². The minimum absolute atomic E-state index is 0.0605. The summed E-state index contributed by atoms with van der Waals surface area (Å²) in [5.41, 5.74) is 3.10. The van der Waals surface area contributed by atoms with Crippen LogP contribution in [0.15, 0.2) is 29.6 Å². The van der Waals surface area contributed by atoms with Crippen LogP contribution in [0.25, 0.3) is 0 Å². The topological polar surface area (TPSA) is 71.1 Å². The Morgan fingerprint density at radius 2 is 2.08 bits per heavy atom. The maximum absolute atomic E-state index is 12.0. The lowest BCUT2D eigenvalue weighted by atomic mass is 10.1. The zero-order valence-corrected chi connectivity index (χ0v) is 15.1. The zero-order valence-electron chi connectivity index (χ0n) is 14.3. The summed E-state index contributed by atoms with van der Waals surface area (Å²) in [7, 11) is 0. The van der Waals surface area contributed by atoms with Gasteiger partial charge in [0.05, 0.1) is 12.1 Å². The molecule has 0 atom stereocenters. The minimum atomic E-state index is -0.0951. The van der Waals surface area contributed by atoms with Crippen LogP contribution >= 0.6 is 11.3 Å². The standard InChI is InChI=1S/C18H23N3O2S/c1-12(2)17(23)21-18-20-15(11-24-18)10-16(22)19-8-7-14-6-4-5-13(3)9-14/h4-6,9,11-12H,7-8,10H2,1-3H3,(H,19,22)(H,20,21,23). The second-order valence-corrected chi connectivity index (χ2v) is 6.91. The molecule has 0 saturated heterocycles. The number of nitrogens with zero attached hydrogens (tertiary/aromatic N) is 1. The smallest absolute Gasteiger partial charge is 0.228 e. The number of aromatic nitrogens is 1. The Labute approximate surface area is 146 Å². The molecule has 1 heterocycles. The Morgan fingerprint density at radius 1 is 1.29 bits per heavy atom. The number of thiazole rings is 1. The Hall–Kier alpha value is -2.21. The largest absolute Gasteiger partial charge is 0.355 e. The molecule has 0 radical (unpaired) electrons. The summed E-state index contributed by atoms with van der Waals surface area (Å²) in [4.78, 5) is 27.9. The Bertz CT molecular complexity index is 710. The Kier molecular flexibility index (Phi) is 6.49. The van der Waals surface area contributed by atoms with Crippen LogP contribution in [-0.4, -0.2) is 23.3 Å². The van der Waals surface area contributed by atoms with Crippen molar-refractivity contribution in [2.45, 2.75) is 33.6 Å². The molecule has 0 unspecified atom stereocenters. The van der Waals surface area contributed by atoms with Gasteiger partial charge in [0.15, 0.2) is 5.13 Å². The van der Waals surface area contributed by atoms with Gasteiger partial charge in [-0.25, -0.2) is 4.98 Å². The third-order valence-corrected chi connectivity index (χ3v) is 4.27. The number of hydrogen-bond acceptors (Lipinski definition) is 4. The highest BCUT2D eigenvalue weighted by molar-refractivity contribution is 7.13. The van der Waals surface area contributed by atoms with Crippen LogP contribution < -0.4 is 10.6 Å². The minimum Gasteiger partial charge on any atom is -0.355 e. The van der Waals surface area contributed by atoms with E-state index >= 15 is 0 Å². The fourth-order valence-electron chi connectivity index (χ4n) is 2.14. The number of amides is 2. The molecular formula is C18H23N3O2S. The van der Waals surface area contributed by atoms with E-state index in [1.807, 2.05) is 19.9 Å². The molecule has 0 aliphatic carbocycles. The normalized spacial score (nSPS) is 10.7. The second kappa shape index (κ2) is 8.59. The Morgan fingerprint density at radius 3 is 2.79 bits per heavy atom. The molecule has 0 spiro atoms. The van der Waals surface area contributed by atoms with Crippen LogP contribution in [0.5, 0.6) is 0 Å². The lowest BCUT2D eigenvalue weighted by molar-refractivity contribution is -0.120. The number of aryl methyl sites for hydroxylation is 1. The molecule has 2 amide bonds. The Balaban J connectivity index is 1.76. The molecule has 1 aromatic heterocycles. The van der Waals surface area contributed by atoms with E-state index in [9.17, 15) is 9.59 Å². The average Bonchev–Trinajstić information content (AvgIpc) is 2.94. The monoisotopic (exact) mass is 345 g/mol. The lowest BCUT2D eigenvalue weighted by Crippen LogP contribution is -2.27. The van der Waals surface area contributed by atoms with Gasteiger partial charge in [0, 0.05) is 17.8 Å². The number of carbonyl (C=O) groups is 2. The van der Waals surface area contributed by atoms with Gasteiger partial charge in [-0.05, 0) is 18.9 Å². The number of hydrogen-bond donors (Lipinski definition) is 2.